The smallest absolute Gasteiger partial charge is 0.244 e. The fourth-order valence-electron chi connectivity index (χ4n) is 1.36. The molecule has 0 bridgehead atoms. The van der Waals surface area contributed by atoms with Crippen LogP contribution in [0, 0.1) is 5.92 Å². The van der Waals surface area contributed by atoms with Crippen molar-refractivity contribution in [3.05, 3.63) is 36.2 Å². The SMILES string of the molecule is CC(C)[C@@H](N)c1nc(-c2ccccc2)no1. The van der Waals surface area contributed by atoms with E-state index < -0.39 is 0 Å². The summed E-state index contributed by atoms with van der Waals surface area (Å²) in [6.07, 6.45) is 0. The van der Waals surface area contributed by atoms with Gasteiger partial charge in [-0.05, 0) is 5.92 Å². The first kappa shape index (κ1) is 10.8. The van der Waals surface area contributed by atoms with Crippen molar-refractivity contribution >= 4 is 0 Å². The van der Waals surface area contributed by atoms with E-state index in [0.29, 0.717) is 11.7 Å². The van der Waals surface area contributed by atoms with E-state index in [1.165, 1.54) is 0 Å². The van der Waals surface area contributed by atoms with Crippen LogP contribution in [0.15, 0.2) is 34.9 Å². The Balaban J connectivity index is 2.27. The van der Waals surface area contributed by atoms with Crippen molar-refractivity contribution in [3.63, 3.8) is 0 Å². The summed E-state index contributed by atoms with van der Waals surface area (Å²) in [5.74, 6) is 1.37. The zero-order chi connectivity index (χ0) is 11.5. The maximum atomic E-state index is 5.93. The van der Waals surface area contributed by atoms with E-state index in [0.717, 1.165) is 5.56 Å². The maximum Gasteiger partial charge on any atom is 0.244 e. The number of nitrogens with two attached hydrogens (primary N) is 1. The molecule has 1 atom stereocenters. The molecule has 0 saturated carbocycles. The summed E-state index contributed by atoms with van der Waals surface area (Å²) in [5.41, 5.74) is 6.87. The Labute approximate surface area is 94.5 Å². The van der Waals surface area contributed by atoms with E-state index in [1.807, 2.05) is 44.2 Å². The molecule has 16 heavy (non-hydrogen) atoms. The minimum absolute atomic E-state index is 0.204. The lowest BCUT2D eigenvalue weighted by Gasteiger charge is -2.09. The van der Waals surface area contributed by atoms with E-state index in [1.54, 1.807) is 0 Å². The molecule has 0 aliphatic carbocycles. The topological polar surface area (TPSA) is 64.9 Å². The predicted molar refractivity (Wildman–Crippen MR) is 61.5 cm³/mol. The summed E-state index contributed by atoms with van der Waals surface area (Å²) in [5, 5.41) is 3.92. The van der Waals surface area contributed by atoms with Gasteiger partial charge >= 0.3 is 0 Å². The molecule has 1 heterocycles. The van der Waals surface area contributed by atoms with Crippen molar-refractivity contribution in [2.45, 2.75) is 19.9 Å². The summed E-state index contributed by atoms with van der Waals surface area (Å²) >= 11 is 0. The molecular weight excluding hydrogens is 202 g/mol. The van der Waals surface area contributed by atoms with Gasteiger partial charge in [0.25, 0.3) is 0 Å². The van der Waals surface area contributed by atoms with E-state index in [9.17, 15) is 0 Å². The minimum atomic E-state index is -0.204. The van der Waals surface area contributed by atoms with Crippen molar-refractivity contribution in [2.75, 3.05) is 0 Å². The Bertz CT molecular complexity index is 450. The molecule has 2 rings (SSSR count). The Morgan fingerprint density at radius 3 is 2.50 bits per heavy atom. The second kappa shape index (κ2) is 4.45. The summed E-state index contributed by atoms with van der Waals surface area (Å²) in [6, 6.07) is 9.50. The van der Waals surface area contributed by atoms with Crippen LogP contribution in [0.4, 0.5) is 0 Å². The van der Waals surface area contributed by atoms with Crippen molar-refractivity contribution < 1.29 is 4.52 Å². The van der Waals surface area contributed by atoms with E-state index in [4.69, 9.17) is 10.3 Å². The maximum absolute atomic E-state index is 5.93. The first-order valence-corrected chi connectivity index (χ1v) is 5.33. The van der Waals surface area contributed by atoms with Crippen molar-refractivity contribution in [1.82, 2.24) is 10.1 Å². The number of aromatic nitrogens is 2. The van der Waals surface area contributed by atoms with Gasteiger partial charge < -0.3 is 10.3 Å². The molecule has 2 aromatic rings. The van der Waals surface area contributed by atoms with Crippen LogP contribution in [-0.2, 0) is 0 Å². The minimum Gasteiger partial charge on any atom is -0.337 e. The molecule has 2 N–H and O–H groups in total. The average Bonchev–Trinajstić information content (AvgIpc) is 2.78. The third-order valence-corrected chi connectivity index (χ3v) is 2.48. The molecular formula is C12H15N3O. The highest BCUT2D eigenvalue weighted by Crippen LogP contribution is 2.20. The first-order chi connectivity index (χ1) is 7.68. The Kier molecular flexibility index (Phi) is 3.01. The molecule has 0 aliphatic heterocycles. The number of nitrogens with zero attached hydrogens (tertiary/aromatic N) is 2. The average molecular weight is 217 g/mol. The largest absolute Gasteiger partial charge is 0.337 e. The monoisotopic (exact) mass is 217 g/mol. The highest BCUT2D eigenvalue weighted by atomic mass is 16.5. The van der Waals surface area contributed by atoms with E-state index >= 15 is 0 Å². The van der Waals surface area contributed by atoms with Crippen LogP contribution >= 0.6 is 0 Å². The molecule has 0 unspecified atom stereocenters. The first-order valence-electron chi connectivity index (χ1n) is 5.33. The molecule has 84 valence electrons. The molecule has 4 heteroatoms. The van der Waals surface area contributed by atoms with Gasteiger partial charge in [-0.1, -0.05) is 49.3 Å². The quantitative estimate of drug-likeness (QED) is 0.857. The fraction of sp³-hybridized carbons (Fsp3) is 0.333. The summed E-state index contributed by atoms with van der Waals surface area (Å²) in [6.45, 7) is 4.05. The lowest BCUT2D eigenvalue weighted by Crippen LogP contribution is -2.16. The number of hydrogen-bond donors (Lipinski definition) is 1. The third kappa shape index (κ3) is 2.12. The van der Waals surface area contributed by atoms with Crippen molar-refractivity contribution in [2.24, 2.45) is 11.7 Å². The molecule has 4 nitrogen and oxygen atoms in total. The molecule has 0 amide bonds. The van der Waals surface area contributed by atoms with Crippen molar-refractivity contribution in [1.29, 1.82) is 0 Å². The van der Waals surface area contributed by atoms with Gasteiger partial charge in [-0.25, -0.2) is 0 Å². The highest BCUT2D eigenvalue weighted by molar-refractivity contribution is 5.53. The molecule has 1 aromatic heterocycles. The zero-order valence-electron chi connectivity index (χ0n) is 9.42. The second-order valence-corrected chi connectivity index (χ2v) is 4.09. The Morgan fingerprint density at radius 2 is 1.88 bits per heavy atom. The molecule has 0 radical (unpaired) electrons. The molecule has 0 fully saturated rings. The van der Waals surface area contributed by atoms with Crippen LogP contribution in [0.25, 0.3) is 11.4 Å². The van der Waals surface area contributed by atoms with Gasteiger partial charge in [0.1, 0.15) is 0 Å². The van der Waals surface area contributed by atoms with Gasteiger partial charge in [-0.3, -0.25) is 0 Å². The van der Waals surface area contributed by atoms with E-state index in [-0.39, 0.29) is 12.0 Å². The van der Waals surface area contributed by atoms with Crippen LogP contribution in [0.2, 0.25) is 0 Å². The van der Waals surface area contributed by atoms with Crippen LogP contribution in [0.1, 0.15) is 25.8 Å². The second-order valence-electron chi connectivity index (χ2n) is 4.09. The van der Waals surface area contributed by atoms with E-state index in [2.05, 4.69) is 10.1 Å². The Hall–Kier alpha value is -1.68. The lowest BCUT2D eigenvalue weighted by molar-refractivity contribution is 0.325. The van der Waals surface area contributed by atoms with Gasteiger partial charge in [0.15, 0.2) is 0 Å². The number of benzene rings is 1. The molecule has 0 spiro atoms. The predicted octanol–water partition coefficient (Wildman–Crippen LogP) is 2.39. The van der Waals surface area contributed by atoms with Crippen LogP contribution < -0.4 is 5.73 Å². The fourth-order valence-corrected chi connectivity index (χ4v) is 1.36. The van der Waals surface area contributed by atoms with Gasteiger partial charge in [-0.15, -0.1) is 0 Å². The van der Waals surface area contributed by atoms with Crippen LogP contribution in [0.5, 0.6) is 0 Å². The standard InChI is InChI=1S/C12H15N3O/c1-8(2)10(13)12-14-11(15-16-12)9-6-4-3-5-7-9/h3-8,10H,13H2,1-2H3/t10-/m1/s1. The highest BCUT2D eigenvalue weighted by Gasteiger charge is 2.18. The summed E-state index contributed by atoms with van der Waals surface area (Å²) in [7, 11) is 0. The molecule has 0 saturated heterocycles. The van der Waals surface area contributed by atoms with Gasteiger partial charge in [0.05, 0.1) is 6.04 Å². The van der Waals surface area contributed by atoms with Gasteiger partial charge in [-0.2, -0.15) is 4.98 Å². The number of hydrogen-bond acceptors (Lipinski definition) is 4. The number of rotatable bonds is 3. The van der Waals surface area contributed by atoms with Crippen molar-refractivity contribution in [3.8, 4) is 11.4 Å². The van der Waals surface area contributed by atoms with Crippen LogP contribution in [-0.4, -0.2) is 10.1 Å². The summed E-state index contributed by atoms with van der Waals surface area (Å²) in [4.78, 5) is 4.30. The van der Waals surface area contributed by atoms with Gasteiger partial charge in [0, 0.05) is 5.56 Å². The third-order valence-electron chi connectivity index (χ3n) is 2.48. The zero-order valence-corrected chi connectivity index (χ0v) is 9.42. The van der Waals surface area contributed by atoms with Gasteiger partial charge in [0.2, 0.25) is 11.7 Å². The van der Waals surface area contributed by atoms with Crippen LogP contribution in [0.3, 0.4) is 0 Å². The Morgan fingerprint density at radius 1 is 1.19 bits per heavy atom. The molecule has 1 aromatic carbocycles. The normalized spacial score (nSPS) is 13.0. The summed E-state index contributed by atoms with van der Waals surface area (Å²) < 4.78 is 5.16. The lowest BCUT2D eigenvalue weighted by atomic mass is 10.1. The molecule has 0 aliphatic rings.